The molecule has 0 aliphatic heterocycles. The molecule has 0 radical (unpaired) electrons. The van der Waals surface area contributed by atoms with Crippen molar-refractivity contribution < 1.29 is 14.3 Å². The second-order valence-corrected chi connectivity index (χ2v) is 14.6. The summed E-state index contributed by atoms with van der Waals surface area (Å²) in [6, 6.07) is 12.7. The van der Waals surface area contributed by atoms with Crippen LogP contribution in [-0.2, 0) is 0 Å². The number of nitrogens with zero attached hydrogens (tertiary/aromatic N) is 2. The highest BCUT2D eigenvalue weighted by Crippen LogP contribution is 2.38. The van der Waals surface area contributed by atoms with Crippen LogP contribution < -0.4 is 4.43 Å². The summed E-state index contributed by atoms with van der Waals surface area (Å²) >= 11 is 12.4. The first-order valence-electron chi connectivity index (χ1n) is 9.89. The zero-order chi connectivity index (χ0) is 23.1. The first kappa shape index (κ1) is 23.4. The van der Waals surface area contributed by atoms with Gasteiger partial charge in [-0.3, -0.25) is 0 Å². The summed E-state index contributed by atoms with van der Waals surface area (Å²) < 4.78 is 7.92. The van der Waals surface area contributed by atoms with Crippen molar-refractivity contribution >= 4 is 37.5 Å². The lowest BCUT2D eigenvalue weighted by Gasteiger charge is -2.36. The minimum absolute atomic E-state index is 0.0254. The number of aromatic nitrogens is 2. The number of halogens is 2. The van der Waals surface area contributed by atoms with Crippen LogP contribution in [0.15, 0.2) is 42.5 Å². The Labute approximate surface area is 193 Å². The third-order valence-corrected chi connectivity index (χ3v) is 10.7. The van der Waals surface area contributed by atoms with E-state index in [0.29, 0.717) is 27.0 Å². The van der Waals surface area contributed by atoms with Crippen molar-refractivity contribution in [1.29, 1.82) is 0 Å². The standard InChI is InChI=1S/C23H26Cl2N2O3Si/c1-14-20(22(28)29)26-27(19-12-9-16(24)13-18(19)25)21(14)15-7-10-17(11-8-15)30-31(5,6)23(2,3)4/h7-13H,1-6H3,(H,28,29). The average molecular weight is 477 g/mol. The summed E-state index contributed by atoms with van der Waals surface area (Å²) in [5, 5.41) is 14.9. The van der Waals surface area contributed by atoms with Gasteiger partial charge in [-0.05, 0) is 67.5 Å². The zero-order valence-electron chi connectivity index (χ0n) is 18.5. The van der Waals surface area contributed by atoms with Crippen molar-refractivity contribution in [1.82, 2.24) is 9.78 Å². The average Bonchev–Trinajstić information content (AvgIpc) is 2.98. The Hall–Kier alpha value is -2.28. The molecule has 1 N–H and O–H groups in total. The van der Waals surface area contributed by atoms with Gasteiger partial charge in [0.1, 0.15) is 5.75 Å². The minimum Gasteiger partial charge on any atom is -0.544 e. The molecule has 2 aromatic carbocycles. The lowest BCUT2D eigenvalue weighted by Crippen LogP contribution is -2.43. The summed E-state index contributed by atoms with van der Waals surface area (Å²) in [6.45, 7) is 12.7. The maximum Gasteiger partial charge on any atom is 0.356 e. The van der Waals surface area contributed by atoms with E-state index in [-0.39, 0.29) is 10.7 Å². The van der Waals surface area contributed by atoms with Gasteiger partial charge in [0.15, 0.2) is 5.69 Å². The van der Waals surface area contributed by atoms with Crippen LogP contribution in [0.4, 0.5) is 0 Å². The Bertz CT molecular complexity index is 1130. The van der Waals surface area contributed by atoms with Gasteiger partial charge in [0.05, 0.1) is 16.4 Å². The topological polar surface area (TPSA) is 64.3 Å². The Morgan fingerprint density at radius 3 is 2.23 bits per heavy atom. The predicted octanol–water partition coefficient (Wildman–Crippen LogP) is 7.24. The normalized spacial score (nSPS) is 12.1. The molecule has 3 rings (SSSR count). The van der Waals surface area contributed by atoms with Gasteiger partial charge in [-0.2, -0.15) is 5.10 Å². The van der Waals surface area contributed by atoms with Crippen LogP contribution in [0.5, 0.6) is 5.75 Å². The van der Waals surface area contributed by atoms with E-state index in [1.54, 1.807) is 29.8 Å². The summed E-state index contributed by atoms with van der Waals surface area (Å²) in [5.41, 5.74) is 2.55. The third-order valence-electron chi connectivity index (χ3n) is 5.77. The lowest BCUT2D eigenvalue weighted by molar-refractivity contribution is 0.0689. The van der Waals surface area contributed by atoms with E-state index >= 15 is 0 Å². The Morgan fingerprint density at radius 1 is 1.10 bits per heavy atom. The number of hydrogen-bond donors (Lipinski definition) is 1. The van der Waals surface area contributed by atoms with Crippen LogP contribution in [0.25, 0.3) is 16.9 Å². The van der Waals surface area contributed by atoms with Crippen LogP contribution in [0.1, 0.15) is 36.8 Å². The first-order valence-corrected chi connectivity index (χ1v) is 13.6. The van der Waals surface area contributed by atoms with Crippen LogP contribution in [0, 0.1) is 6.92 Å². The summed E-state index contributed by atoms with van der Waals surface area (Å²) in [4.78, 5) is 11.7. The van der Waals surface area contributed by atoms with Gasteiger partial charge in [0, 0.05) is 16.1 Å². The highest BCUT2D eigenvalue weighted by molar-refractivity contribution is 6.74. The molecule has 1 aromatic heterocycles. The van der Waals surface area contributed by atoms with E-state index < -0.39 is 14.3 Å². The molecule has 0 aliphatic carbocycles. The Morgan fingerprint density at radius 2 is 1.71 bits per heavy atom. The van der Waals surface area contributed by atoms with Crippen molar-refractivity contribution in [3.05, 3.63) is 63.8 Å². The molecule has 0 bridgehead atoms. The van der Waals surface area contributed by atoms with E-state index in [2.05, 4.69) is 39.0 Å². The monoisotopic (exact) mass is 476 g/mol. The first-order chi connectivity index (χ1) is 14.3. The number of hydrogen-bond acceptors (Lipinski definition) is 3. The molecule has 0 saturated carbocycles. The molecule has 0 saturated heterocycles. The second kappa shape index (κ2) is 8.34. The van der Waals surface area contributed by atoms with Crippen molar-refractivity contribution in [2.75, 3.05) is 0 Å². The maximum atomic E-state index is 11.7. The number of aromatic carboxylic acids is 1. The SMILES string of the molecule is Cc1c(C(=O)O)nn(-c2ccc(Cl)cc2Cl)c1-c1ccc(O[Si](C)(C)C(C)(C)C)cc1. The number of carbonyl (C=O) groups is 1. The molecule has 164 valence electrons. The van der Waals surface area contributed by atoms with Crippen LogP contribution in [0.3, 0.4) is 0 Å². The molecular weight excluding hydrogens is 451 g/mol. The molecule has 31 heavy (non-hydrogen) atoms. The quantitative estimate of drug-likeness (QED) is 0.394. The van der Waals surface area contributed by atoms with Crippen LogP contribution in [0.2, 0.25) is 28.2 Å². The molecule has 0 fully saturated rings. The largest absolute Gasteiger partial charge is 0.544 e. The highest BCUT2D eigenvalue weighted by atomic mass is 35.5. The number of benzene rings is 2. The molecule has 1 heterocycles. The highest BCUT2D eigenvalue weighted by Gasteiger charge is 2.39. The molecule has 0 aliphatic rings. The molecule has 0 atom stereocenters. The summed E-state index contributed by atoms with van der Waals surface area (Å²) in [7, 11) is -1.97. The molecular formula is C23H26Cl2N2O3Si. The van der Waals surface area contributed by atoms with Crippen molar-refractivity contribution in [2.45, 2.75) is 45.8 Å². The van der Waals surface area contributed by atoms with Gasteiger partial charge in [-0.25, -0.2) is 9.48 Å². The van der Waals surface area contributed by atoms with Gasteiger partial charge in [0.2, 0.25) is 8.32 Å². The number of carboxylic acid groups (broad SMARTS) is 1. The molecule has 0 amide bonds. The molecule has 0 unspecified atom stereocenters. The fourth-order valence-electron chi connectivity index (χ4n) is 2.99. The molecule has 5 nitrogen and oxygen atoms in total. The molecule has 0 spiro atoms. The van der Waals surface area contributed by atoms with Gasteiger partial charge in [-0.15, -0.1) is 0 Å². The lowest BCUT2D eigenvalue weighted by atomic mass is 10.1. The fraction of sp³-hybridized carbons (Fsp3) is 0.304. The second-order valence-electron chi connectivity index (χ2n) is 9.02. The van der Waals surface area contributed by atoms with Crippen LogP contribution in [-0.4, -0.2) is 29.2 Å². The van der Waals surface area contributed by atoms with Crippen molar-refractivity contribution in [3.8, 4) is 22.7 Å². The summed E-state index contributed by atoms with van der Waals surface area (Å²) in [6.07, 6.45) is 0. The van der Waals surface area contributed by atoms with E-state index in [1.807, 2.05) is 24.3 Å². The molecule has 3 aromatic rings. The van der Waals surface area contributed by atoms with Crippen molar-refractivity contribution in [3.63, 3.8) is 0 Å². The van der Waals surface area contributed by atoms with Crippen LogP contribution >= 0.6 is 23.2 Å². The van der Waals surface area contributed by atoms with E-state index in [9.17, 15) is 9.90 Å². The summed E-state index contributed by atoms with van der Waals surface area (Å²) in [5.74, 6) is -0.303. The Balaban J connectivity index is 2.09. The minimum atomic E-state index is -1.97. The smallest absolute Gasteiger partial charge is 0.356 e. The predicted molar refractivity (Wildman–Crippen MR) is 129 cm³/mol. The van der Waals surface area contributed by atoms with Gasteiger partial charge in [0.25, 0.3) is 0 Å². The van der Waals surface area contributed by atoms with E-state index in [1.165, 1.54) is 0 Å². The third kappa shape index (κ3) is 4.66. The number of carboxylic acids is 1. The zero-order valence-corrected chi connectivity index (χ0v) is 21.0. The fourth-order valence-corrected chi connectivity index (χ4v) is 4.51. The number of rotatable bonds is 5. The van der Waals surface area contributed by atoms with Gasteiger partial charge >= 0.3 is 5.97 Å². The van der Waals surface area contributed by atoms with E-state index in [0.717, 1.165) is 11.3 Å². The van der Waals surface area contributed by atoms with Gasteiger partial charge in [-0.1, -0.05) is 44.0 Å². The van der Waals surface area contributed by atoms with Gasteiger partial charge < -0.3 is 9.53 Å². The van der Waals surface area contributed by atoms with Crippen molar-refractivity contribution in [2.24, 2.45) is 0 Å². The van der Waals surface area contributed by atoms with E-state index in [4.69, 9.17) is 27.6 Å². The molecule has 8 heteroatoms. The maximum absolute atomic E-state index is 11.7. The Kier molecular flexibility index (Phi) is 6.29.